The topological polar surface area (TPSA) is 118 Å². The largest absolute Gasteiger partial charge is 0.325 e. The maximum Gasteiger partial charge on any atom is 0.271 e. The molecule has 0 atom stereocenters. The van der Waals surface area contributed by atoms with Crippen molar-refractivity contribution in [3.63, 3.8) is 0 Å². The zero-order valence-corrected chi connectivity index (χ0v) is 14.7. The molecule has 0 aliphatic heterocycles. The minimum atomic E-state index is -4.06. The van der Waals surface area contributed by atoms with Crippen molar-refractivity contribution < 1.29 is 18.1 Å². The minimum absolute atomic E-state index is 0.0454. The molecule has 0 aromatic heterocycles. The van der Waals surface area contributed by atoms with Gasteiger partial charge >= 0.3 is 0 Å². The SMILES string of the molecule is O=C(CNS(=O)(=O)c1cc(Cl)ccc1Cl)Nc1cccc([N+](=O)[O-])c1. The predicted octanol–water partition coefficient (Wildman–Crippen LogP) is 2.82. The van der Waals surface area contributed by atoms with Gasteiger partial charge < -0.3 is 5.32 Å². The van der Waals surface area contributed by atoms with E-state index in [1.165, 1.54) is 30.3 Å². The van der Waals surface area contributed by atoms with Crippen molar-refractivity contribution in [3.8, 4) is 0 Å². The molecule has 0 radical (unpaired) electrons. The van der Waals surface area contributed by atoms with Crippen LogP contribution in [0.5, 0.6) is 0 Å². The van der Waals surface area contributed by atoms with Gasteiger partial charge in [-0.15, -0.1) is 0 Å². The van der Waals surface area contributed by atoms with E-state index in [-0.39, 0.29) is 26.3 Å². The van der Waals surface area contributed by atoms with E-state index in [9.17, 15) is 23.3 Å². The fourth-order valence-corrected chi connectivity index (χ4v) is 3.57. The highest BCUT2D eigenvalue weighted by Crippen LogP contribution is 2.24. The van der Waals surface area contributed by atoms with Crippen LogP contribution < -0.4 is 10.0 Å². The summed E-state index contributed by atoms with van der Waals surface area (Å²) in [6.07, 6.45) is 0. The number of anilines is 1. The number of hydrogen-bond donors (Lipinski definition) is 2. The summed E-state index contributed by atoms with van der Waals surface area (Å²) in [7, 11) is -4.06. The van der Waals surface area contributed by atoms with Crippen LogP contribution in [0.1, 0.15) is 0 Å². The zero-order chi connectivity index (χ0) is 18.6. The minimum Gasteiger partial charge on any atom is -0.325 e. The van der Waals surface area contributed by atoms with E-state index in [0.29, 0.717) is 0 Å². The smallest absolute Gasteiger partial charge is 0.271 e. The van der Waals surface area contributed by atoms with E-state index in [2.05, 4.69) is 10.0 Å². The molecule has 0 aliphatic rings. The van der Waals surface area contributed by atoms with E-state index in [4.69, 9.17) is 23.2 Å². The molecule has 0 spiro atoms. The lowest BCUT2D eigenvalue weighted by Crippen LogP contribution is -2.33. The van der Waals surface area contributed by atoms with Crippen LogP contribution in [0.3, 0.4) is 0 Å². The summed E-state index contributed by atoms with van der Waals surface area (Å²) in [5.74, 6) is -0.706. The molecule has 2 rings (SSSR count). The van der Waals surface area contributed by atoms with Crippen molar-refractivity contribution in [3.05, 3.63) is 62.6 Å². The number of nitrogens with zero attached hydrogens (tertiary/aromatic N) is 1. The second-order valence-electron chi connectivity index (χ2n) is 4.75. The third-order valence-corrected chi connectivity index (χ3v) is 5.06. The normalized spacial score (nSPS) is 11.1. The average molecular weight is 404 g/mol. The van der Waals surface area contributed by atoms with Gasteiger partial charge in [-0.3, -0.25) is 14.9 Å². The number of amides is 1. The van der Waals surface area contributed by atoms with Crippen LogP contribution in [0, 0.1) is 10.1 Å². The third-order valence-electron chi connectivity index (χ3n) is 2.95. The first-order valence-corrected chi connectivity index (χ1v) is 8.92. The molecule has 11 heteroatoms. The summed E-state index contributed by atoms with van der Waals surface area (Å²) in [5.41, 5.74) is -0.0386. The van der Waals surface area contributed by atoms with Crippen LogP contribution in [0.2, 0.25) is 10.0 Å². The summed E-state index contributed by atoms with van der Waals surface area (Å²) in [6, 6.07) is 9.15. The highest BCUT2D eigenvalue weighted by molar-refractivity contribution is 7.89. The standard InChI is InChI=1S/C14H11Cl2N3O5S/c15-9-4-5-12(16)13(6-9)25(23,24)17-8-14(20)18-10-2-1-3-11(7-10)19(21)22/h1-7,17H,8H2,(H,18,20). The van der Waals surface area contributed by atoms with E-state index < -0.39 is 27.4 Å². The number of nitrogens with one attached hydrogen (secondary N) is 2. The Morgan fingerprint density at radius 1 is 1.16 bits per heavy atom. The molecule has 0 heterocycles. The Labute approximate surface area is 152 Å². The fourth-order valence-electron chi connectivity index (χ4n) is 1.82. The van der Waals surface area contributed by atoms with E-state index >= 15 is 0 Å². The molecule has 0 saturated heterocycles. The number of hydrogen-bond acceptors (Lipinski definition) is 5. The monoisotopic (exact) mass is 403 g/mol. The van der Waals surface area contributed by atoms with Gasteiger partial charge in [-0.05, 0) is 24.3 Å². The lowest BCUT2D eigenvalue weighted by atomic mass is 10.3. The third kappa shape index (κ3) is 5.13. The van der Waals surface area contributed by atoms with Crippen LogP contribution in [0.4, 0.5) is 11.4 Å². The van der Waals surface area contributed by atoms with Crippen LogP contribution in [0.25, 0.3) is 0 Å². The Hall–Kier alpha value is -2.20. The van der Waals surface area contributed by atoms with E-state index in [1.54, 1.807) is 0 Å². The summed E-state index contributed by atoms with van der Waals surface area (Å²) < 4.78 is 26.4. The molecular formula is C14H11Cl2N3O5S. The summed E-state index contributed by atoms with van der Waals surface area (Å²) >= 11 is 11.6. The van der Waals surface area contributed by atoms with Gasteiger partial charge in [0.2, 0.25) is 15.9 Å². The van der Waals surface area contributed by atoms with Gasteiger partial charge in [0.25, 0.3) is 5.69 Å². The molecule has 132 valence electrons. The second kappa shape index (κ2) is 7.79. The lowest BCUT2D eigenvalue weighted by molar-refractivity contribution is -0.384. The molecule has 2 aromatic rings. The van der Waals surface area contributed by atoms with Gasteiger partial charge in [-0.1, -0.05) is 29.3 Å². The number of nitro benzene ring substituents is 1. The van der Waals surface area contributed by atoms with Crippen LogP contribution in [-0.2, 0) is 14.8 Å². The highest BCUT2D eigenvalue weighted by Gasteiger charge is 2.19. The number of halogens is 2. The van der Waals surface area contributed by atoms with Crippen LogP contribution >= 0.6 is 23.2 Å². The van der Waals surface area contributed by atoms with Crippen molar-refractivity contribution >= 4 is 50.5 Å². The number of sulfonamides is 1. The van der Waals surface area contributed by atoms with Crippen molar-refractivity contribution in [2.45, 2.75) is 4.90 Å². The lowest BCUT2D eigenvalue weighted by Gasteiger charge is -2.09. The molecule has 1 amide bonds. The number of benzene rings is 2. The molecule has 0 aliphatic carbocycles. The van der Waals surface area contributed by atoms with Gasteiger partial charge in [-0.25, -0.2) is 13.1 Å². The summed E-state index contributed by atoms with van der Waals surface area (Å²) in [5, 5.41) is 13.2. The first-order valence-electron chi connectivity index (χ1n) is 6.68. The van der Waals surface area contributed by atoms with Crippen molar-refractivity contribution in [2.24, 2.45) is 0 Å². The van der Waals surface area contributed by atoms with Gasteiger partial charge in [0, 0.05) is 22.8 Å². The van der Waals surface area contributed by atoms with Crippen LogP contribution in [0.15, 0.2) is 47.4 Å². The molecular weight excluding hydrogens is 393 g/mol. The van der Waals surface area contributed by atoms with Gasteiger partial charge in [0.1, 0.15) is 4.90 Å². The average Bonchev–Trinajstić information content (AvgIpc) is 2.55. The van der Waals surface area contributed by atoms with Crippen LogP contribution in [-0.4, -0.2) is 25.8 Å². The Balaban J connectivity index is 2.05. The highest BCUT2D eigenvalue weighted by atomic mass is 35.5. The van der Waals surface area contributed by atoms with Crippen molar-refractivity contribution in [2.75, 3.05) is 11.9 Å². The molecule has 2 N–H and O–H groups in total. The number of carbonyl (C=O) groups is 1. The van der Waals surface area contributed by atoms with E-state index in [0.717, 1.165) is 12.1 Å². The maximum absolute atomic E-state index is 12.2. The number of carbonyl (C=O) groups excluding carboxylic acids is 1. The van der Waals surface area contributed by atoms with Gasteiger partial charge in [0.15, 0.2) is 0 Å². The molecule has 2 aromatic carbocycles. The number of nitro groups is 1. The molecule has 8 nitrogen and oxygen atoms in total. The van der Waals surface area contributed by atoms with Gasteiger partial charge in [-0.2, -0.15) is 0 Å². The molecule has 0 bridgehead atoms. The summed E-state index contributed by atoms with van der Waals surface area (Å²) in [4.78, 5) is 21.7. The predicted molar refractivity (Wildman–Crippen MR) is 93.4 cm³/mol. The Bertz CT molecular complexity index is 934. The Morgan fingerprint density at radius 3 is 2.56 bits per heavy atom. The Morgan fingerprint density at radius 2 is 1.88 bits per heavy atom. The second-order valence-corrected chi connectivity index (χ2v) is 7.33. The first-order chi connectivity index (χ1) is 11.7. The number of non-ortho nitro benzene ring substituents is 1. The summed E-state index contributed by atoms with van der Waals surface area (Å²) in [6.45, 7) is -0.589. The Kier molecular flexibility index (Phi) is 5.96. The van der Waals surface area contributed by atoms with E-state index in [1.807, 2.05) is 0 Å². The fraction of sp³-hybridized carbons (Fsp3) is 0.0714. The molecule has 0 unspecified atom stereocenters. The molecule has 0 saturated carbocycles. The quantitative estimate of drug-likeness (QED) is 0.567. The first kappa shape index (κ1) is 19.1. The van der Waals surface area contributed by atoms with Crippen molar-refractivity contribution in [1.82, 2.24) is 4.72 Å². The van der Waals surface area contributed by atoms with Gasteiger partial charge in [0.05, 0.1) is 16.5 Å². The molecule has 25 heavy (non-hydrogen) atoms. The zero-order valence-electron chi connectivity index (χ0n) is 12.4. The molecule has 0 fully saturated rings. The number of rotatable bonds is 6. The maximum atomic E-state index is 12.2. The van der Waals surface area contributed by atoms with Crippen molar-refractivity contribution in [1.29, 1.82) is 0 Å².